The molecule has 3 aromatic rings. The van der Waals surface area contributed by atoms with E-state index >= 15 is 0 Å². The fraction of sp³-hybridized carbons (Fsp3) is 0.125. The Bertz CT molecular complexity index is 999. The maximum Gasteiger partial charge on any atom is 0.262 e. The Morgan fingerprint density at radius 3 is 2.50 bits per heavy atom. The van der Waals surface area contributed by atoms with Crippen molar-refractivity contribution in [3.05, 3.63) is 59.7 Å². The first-order chi connectivity index (χ1) is 11.4. The molecule has 0 fully saturated rings. The summed E-state index contributed by atoms with van der Waals surface area (Å²) in [6.07, 6.45) is 0. The van der Waals surface area contributed by atoms with E-state index in [0.29, 0.717) is 17.0 Å². The molecule has 2 aromatic carbocycles. The SMILES string of the molecule is Cc1nnc(-c2ccccc2NS(=O)(=O)c2ccc(C)c(F)c2)o1. The Kier molecular flexibility index (Phi) is 4.06. The molecular formula is C16H14FN3O3S. The Balaban J connectivity index is 2.00. The molecule has 1 heterocycles. The van der Waals surface area contributed by atoms with Gasteiger partial charge in [0.05, 0.1) is 16.1 Å². The van der Waals surface area contributed by atoms with Crippen LogP contribution < -0.4 is 4.72 Å². The molecule has 6 nitrogen and oxygen atoms in total. The van der Waals surface area contributed by atoms with Gasteiger partial charge in [-0.3, -0.25) is 4.72 Å². The molecule has 0 bridgehead atoms. The number of aromatic nitrogens is 2. The predicted molar refractivity (Wildman–Crippen MR) is 86.4 cm³/mol. The van der Waals surface area contributed by atoms with Crippen LogP contribution in [0, 0.1) is 19.7 Å². The monoisotopic (exact) mass is 347 g/mol. The predicted octanol–water partition coefficient (Wildman–Crippen LogP) is 3.29. The van der Waals surface area contributed by atoms with Crippen molar-refractivity contribution in [3.63, 3.8) is 0 Å². The van der Waals surface area contributed by atoms with E-state index in [-0.39, 0.29) is 16.5 Å². The third-order valence-corrected chi connectivity index (χ3v) is 4.74. The molecule has 3 rings (SSSR count). The number of anilines is 1. The van der Waals surface area contributed by atoms with Crippen LogP contribution in [0.5, 0.6) is 0 Å². The summed E-state index contributed by atoms with van der Waals surface area (Å²) in [4.78, 5) is -0.165. The molecule has 0 radical (unpaired) electrons. The normalized spacial score (nSPS) is 11.5. The second-order valence-corrected chi connectivity index (χ2v) is 6.87. The van der Waals surface area contributed by atoms with Crippen molar-refractivity contribution in [1.82, 2.24) is 10.2 Å². The van der Waals surface area contributed by atoms with E-state index in [4.69, 9.17) is 4.42 Å². The second-order valence-electron chi connectivity index (χ2n) is 5.19. The minimum Gasteiger partial charge on any atom is -0.421 e. The highest BCUT2D eigenvalue weighted by molar-refractivity contribution is 7.92. The number of hydrogen-bond donors (Lipinski definition) is 1. The zero-order chi connectivity index (χ0) is 17.3. The number of aryl methyl sites for hydroxylation is 2. The lowest BCUT2D eigenvalue weighted by Gasteiger charge is -2.11. The average molecular weight is 347 g/mol. The zero-order valence-electron chi connectivity index (χ0n) is 12.9. The summed E-state index contributed by atoms with van der Waals surface area (Å²) in [5, 5.41) is 7.63. The van der Waals surface area contributed by atoms with E-state index in [9.17, 15) is 12.8 Å². The zero-order valence-corrected chi connectivity index (χ0v) is 13.8. The highest BCUT2D eigenvalue weighted by Crippen LogP contribution is 2.28. The topological polar surface area (TPSA) is 85.1 Å². The van der Waals surface area contributed by atoms with E-state index in [1.165, 1.54) is 12.1 Å². The number of sulfonamides is 1. The summed E-state index contributed by atoms with van der Waals surface area (Å²) in [5.41, 5.74) is 1.08. The molecule has 8 heteroatoms. The first-order valence-corrected chi connectivity index (χ1v) is 8.53. The van der Waals surface area contributed by atoms with Crippen LogP contribution >= 0.6 is 0 Å². The van der Waals surface area contributed by atoms with Crippen LogP contribution in [0.3, 0.4) is 0 Å². The number of nitrogens with one attached hydrogen (secondary N) is 1. The van der Waals surface area contributed by atoms with E-state index < -0.39 is 15.8 Å². The number of halogens is 1. The second kappa shape index (κ2) is 6.04. The first kappa shape index (κ1) is 16.1. The minimum atomic E-state index is -3.96. The van der Waals surface area contributed by atoms with Crippen LogP contribution in [0.25, 0.3) is 11.5 Å². The maximum atomic E-state index is 13.7. The molecule has 24 heavy (non-hydrogen) atoms. The van der Waals surface area contributed by atoms with Crippen molar-refractivity contribution in [2.45, 2.75) is 18.7 Å². The fourth-order valence-corrected chi connectivity index (χ4v) is 3.20. The molecule has 1 aromatic heterocycles. The molecule has 0 saturated carbocycles. The molecule has 0 unspecified atom stereocenters. The van der Waals surface area contributed by atoms with Crippen molar-refractivity contribution in [1.29, 1.82) is 0 Å². The molecule has 0 aliphatic rings. The van der Waals surface area contributed by atoms with Gasteiger partial charge in [-0.25, -0.2) is 12.8 Å². The molecule has 124 valence electrons. The van der Waals surface area contributed by atoms with Crippen LogP contribution in [0.2, 0.25) is 0 Å². The highest BCUT2D eigenvalue weighted by Gasteiger charge is 2.19. The van der Waals surface area contributed by atoms with Gasteiger partial charge >= 0.3 is 0 Å². The summed E-state index contributed by atoms with van der Waals surface area (Å²) in [5.74, 6) is -0.0251. The van der Waals surface area contributed by atoms with E-state index in [0.717, 1.165) is 6.07 Å². The lowest BCUT2D eigenvalue weighted by Crippen LogP contribution is -2.14. The summed E-state index contributed by atoms with van der Waals surface area (Å²) in [7, 11) is -3.96. The van der Waals surface area contributed by atoms with Crippen molar-refractivity contribution in [2.24, 2.45) is 0 Å². The third-order valence-electron chi connectivity index (χ3n) is 3.38. The number of nitrogens with zero attached hydrogens (tertiary/aromatic N) is 2. The van der Waals surface area contributed by atoms with Crippen molar-refractivity contribution < 1.29 is 17.2 Å². The Morgan fingerprint density at radius 1 is 1.08 bits per heavy atom. The largest absolute Gasteiger partial charge is 0.421 e. The molecule has 0 amide bonds. The van der Waals surface area contributed by atoms with Crippen LogP contribution in [-0.4, -0.2) is 18.6 Å². The van der Waals surface area contributed by atoms with Gasteiger partial charge in [0.1, 0.15) is 5.82 Å². The fourth-order valence-electron chi connectivity index (χ4n) is 2.11. The van der Waals surface area contributed by atoms with Gasteiger partial charge in [0.2, 0.25) is 11.8 Å². The van der Waals surface area contributed by atoms with E-state index in [1.54, 1.807) is 38.1 Å². The smallest absolute Gasteiger partial charge is 0.262 e. The van der Waals surface area contributed by atoms with Gasteiger partial charge in [-0.1, -0.05) is 18.2 Å². The summed E-state index contributed by atoms with van der Waals surface area (Å²) >= 11 is 0. The van der Waals surface area contributed by atoms with Crippen LogP contribution in [0.4, 0.5) is 10.1 Å². The molecule has 1 N–H and O–H groups in total. The lowest BCUT2D eigenvalue weighted by molar-refractivity contribution is 0.533. The Hall–Kier alpha value is -2.74. The Labute approximate surface area is 138 Å². The molecule has 0 aliphatic heterocycles. The molecule has 0 aliphatic carbocycles. The van der Waals surface area contributed by atoms with Gasteiger partial charge in [-0.05, 0) is 36.8 Å². The molecular weight excluding hydrogens is 333 g/mol. The summed E-state index contributed by atoms with van der Waals surface area (Å²) in [6, 6.07) is 10.4. The lowest BCUT2D eigenvalue weighted by atomic mass is 10.2. The number of para-hydroxylation sites is 1. The van der Waals surface area contributed by atoms with Crippen LogP contribution in [-0.2, 0) is 10.0 Å². The third kappa shape index (κ3) is 3.13. The maximum absolute atomic E-state index is 13.7. The van der Waals surface area contributed by atoms with Gasteiger partial charge in [-0.15, -0.1) is 10.2 Å². The number of hydrogen-bond acceptors (Lipinski definition) is 5. The molecule has 0 spiro atoms. The molecule has 0 saturated heterocycles. The Morgan fingerprint density at radius 2 is 1.83 bits per heavy atom. The highest BCUT2D eigenvalue weighted by atomic mass is 32.2. The summed E-state index contributed by atoms with van der Waals surface area (Å²) in [6.45, 7) is 3.20. The van der Waals surface area contributed by atoms with Crippen molar-refractivity contribution in [2.75, 3.05) is 4.72 Å². The standard InChI is InChI=1S/C16H14FN3O3S/c1-10-7-8-12(9-14(10)17)24(21,22)20-15-6-4-3-5-13(15)16-19-18-11(2)23-16/h3-9,20H,1-2H3. The molecule has 0 atom stereocenters. The number of rotatable bonds is 4. The minimum absolute atomic E-state index is 0.165. The van der Waals surface area contributed by atoms with Gasteiger partial charge in [0, 0.05) is 6.92 Å². The van der Waals surface area contributed by atoms with Crippen LogP contribution in [0.15, 0.2) is 51.8 Å². The number of benzene rings is 2. The van der Waals surface area contributed by atoms with E-state index in [2.05, 4.69) is 14.9 Å². The van der Waals surface area contributed by atoms with E-state index in [1.807, 2.05) is 0 Å². The first-order valence-electron chi connectivity index (χ1n) is 7.05. The van der Waals surface area contributed by atoms with Crippen LogP contribution in [0.1, 0.15) is 11.5 Å². The van der Waals surface area contributed by atoms with Gasteiger partial charge in [0.25, 0.3) is 10.0 Å². The summed E-state index contributed by atoms with van der Waals surface area (Å²) < 4.78 is 46.5. The van der Waals surface area contributed by atoms with Gasteiger partial charge in [-0.2, -0.15) is 0 Å². The van der Waals surface area contributed by atoms with Crippen molar-refractivity contribution >= 4 is 15.7 Å². The van der Waals surface area contributed by atoms with Gasteiger partial charge in [0.15, 0.2) is 0 Å². The van der Waals surface area contributed by atoms with Gasteiger partial charge < -0.3 is 4.42 Å². The quantitative estimate of drug-likeness (QED) is 0.783. The van der Waals surface area contributed by atoms with Crippen molar-refractivity contribution in [3.8, 4) is 11.5 Å². The average Bonchev–Trinajstić information content (AvgIpc) is 2.96.